The first-order chi connectivity index (χ1) is 12.1. The molecule has 0 unspecified atom stereocenters. The van der Waals surface area contributed by atoms with E-state index in [0.717, 1.165) is 17.4 Å². The molecule has 0 aliphatic carbocycles. The number of halogens is 1. The Balaban J connectivity index is 1.97. The van der Waals surface area contributed by atoms with Crippen molar-refractivity contribution in [3.05, 3.63) is 64.8 Å². The van der Waals surface area contributed by atoms with Gasteiger partial charge in [-0.15, -0.1) is 0 Å². The maximum absolute atomic E-state index is 11.5. The molecule has 0 bridgehead atoms. The van der Waals surface area contributed by atoms with Crippen LogP contribution in [-0.4, -0.2) is 30.3 Å². The van der Waals surface area contributed by atoms with Crippen molar-refractivity contribution in [2.45, 2.75) is 6.54 Å². The van der Waals surface area contributed by atoms with E-state index in [4.69, 9.17) is 21.1 Å². The molecule has 0 aliphatic heterocycles. The van der Waals surface area contributed by atoms with Gasteiger partial charge in [0.1, 0.15) is 5.69 Å². The number of carbonyl (C=O) groups excluding carboxylic acids is 1. The molecule has 5 nitrogen and oxygen atoms in total. The average Bonchev–Trinajstić information content (AvgIpc) is 3.04. The first-order valence-electron chi connectivity index (χ1n) is 7.64. The van der Waals surface area contributed by atoms with Crippen LogP contribution in [0.3, 0.4) is 0 Å². The van der Waals surface area contributed by atoms with Gasteiger partial charge < -0.3 is 9.47 Å². The smallest absolute Gasteiger partial charge is 0.161 e. The van der Waals surface area contributed by atoms with Gasteiger partial charge in [-0.1, -0.05) is 23.7 Å². The fourth-order valence-corrected chi connectivity index (χ4v) is 2.85. The zero-order chi connectivity index (χ0) is 17.8. The molecule has 2 aromatic carbocycles. The Morgan fingerprint density at radius 2 is 1.92 bits per heavy atom. The molecule has 0 aliphatic rings. The van der Waals surface area contributed by atoms with Crippen LogP contribution in [0.2, 0.25) is 5.02 Å². The van der Waals surface area contributed by atoms with Gasteiger partial charge >= 0.3 is 0 Å². The summed E-state index contributed by atoms with van der Waals surface area (Å²) in [5.74, 6) is 1.21. The van der Waals surface area contributed by atoms with E-state index in [-0.39, 0.29) is 0 Å². The van der Waals surface area contributed by atoms with E-state index >= 15 is 0 Å². The molecule has 128 valence electrons. The number of ether oxygens (including phenoxy) is 2. The fraction of sp³-hybridized carbons (Fsp3) is 0.158. The van der Waals surface area contributed by atoms with Crippen molar-refractivity contribution in [3.8, 4) is 22.8 Å². The topological polar surface area (TPSA) is 53.4 Å². The average molecular weight is 357 g/mol. The molecule has 0 spiro atoms. The number of rotatable bonds is 6. The number of aromatic nitrogens is 2. The van der Waals surface area contributed by atoms with Crippen LogP contribution in [0.15, 0.2) is 48.7 Å². The first-order valence-corrected chi connectivity index (χ1v) is 8.02. The lowest BCUT2D eigenvalue weighted by molar-refractivity contribution is 0.112. The van der Waals surface area contributed by atoms with Crippen molar-refractivity contribution in [3.63, 3.8) is 0 Å². The number of benzene rings is 2. The summed E-state index contributed by atoms with van der Waals surface area (Å²) < 4.78 is 12.3. The lowest BCUT2D eigenvalue weighted by Gasteiger charge is -2.08. The SMILES string of the molecule is COc1ccc(-c2nn(Cc3cccc(Cl)c3)cc2C=O)cc1OC. The van der Waals surface area contributed by atoms with E-state index in [1.165, 1.54) is 0 Å². The van der Waals surface area contributed by atoms with Crippen LogP contribution in [0.25, 0.3) is 11.3 Å². The molecule has 0 saturated carbocycles. The molecule has 0 fully saturated rings. The monoisotopic (exact) mass is 356 g/mol. The third-order valence-electron chi connectivity index (χ3n) is 3.81. The van der Waals surface area contributed by atoms with Crippen molar-refractivity contribution < 1.29 is 14.3 Å². The quantitative estimate of drug-likeness (QED) is 0.624. The zero-order valence-corrected chi connectivity index (χ0v) is 14.7. The third kappa shape index (κ3) is 3.67. The van der Waals surface area contributed by atoms with Gasteiger partial charge in [-0.2, -0.15) is 5.10 Å². The predicted molar refractivity (Wildman–Crippen MR) is 96.7 cm³/mol. The van der Waals surface area contributed by atoms with Crippen molar-refractivity contribution in [2.24, 2.45) is 0 Å². The normalized spacial score (nSPS) is 10.5. The van der Waals surface area contributed by atoms with Gasteiger partial charge in [0.15, 0.2) is 17.8 Å². The molecular formula is C19H17ClN2O3. The standard InChI is InChI=1S/C19H17ClN2O3/c1-24-17-7-6-14(9-18(17)25-2)19-15(12-23)11-22(21-19)10-13-4-3-5-16(20)8-13/h3-9,11-12H,10H2,1-2H3. The Morgan fingerprint density at radius 1 is 1.12 bits per heavy atom. The van der Waals surface area contributed by atoms with Gasteiger partial charge in [0, 0.05) is 16.8 Å². The molecule has 25 heavy (non-hydrogen) atoms. The van der Waals surface area contributed by atoms with Crippen LogP contribution in [0.5, 0.6) is 11.5 Å². The van der Waals surface area contributed by atoms with Crippen LogP contribution in [0.4, 0.5) is 0 Å². The summed E-state index contributed by atoms with van der Waals surface area (Å²) >= 11 is 6.02. The van der Waals surface area contributed by atoms with Crippen LogP contribution in [0, 0.1) is 0 Å². The summed E-state index contributed by atoms with van der Waals surface area (Å²) in [7, 11) is 3.15. The Hall–Kier alpha value is -2.79. The number of aldehydes is 1. The third-order valence-corrected chi connectivity index (χ3v) is 4.04. The summed E-state index contributed by atoms with van der Waals surface area (Å²) in [6.07, 6.45) is 2.52. The van der Waals surface area contributed by atoms with Gasteiger partial charge in [-0.25, -0.2) is 0 Å². The number of methoxy groups -OCH3 is 2. The predicted octanol–water partition coefficient (Wildman–Crippen LogP) is 4.08. The second kappa shape index (κ2) is 7.40. The van der Waals surface area contributed by atoms with Crippen LogP contribution in [0.1, 0.15) is 15.9 Å². The van der Waals surface area contributed by atoms with Crippen LogP contribution < -0.4 is 9.47 Å². The van der Waals surface area contributed by atoms with Crippen molar-refractivity contribution in [1.29, 1.82) is 0 Å². The minimum atomic E-state index is 0.509. The molecule has 0 N–H and O–H groups in total. The van der Waals surface area contributed by atoms with Crippen molar-refractivity contribution in [2.75, 3.05) is 14.2 Å². The Labute approximate surface area is 150 Å². The highest BCUT2D eigenvalue weighted by Crippen LogP contribution is 2.32. The minimum Gasteiger partial charge on any atom is -0.493 e. The molecule has 1 heterocycles. The van der Waals surface area contributed by atoms with Crippen molar-refractivity contribution >= 4 is 17.9 Å². The largest absolute Gasteiger partial charge is 0.493 e. The minimum absolute atomic E-state index is 0.509. The molecule has 3 aromatic rings. The van der Waals surface area contributed by atoms with Gasteiger partial charge in [0.05, 0.1) is 26.3 Å². The molecule has 3 rings (SSSR count). The fourth-order valence-electron chi connectivity index (χ4n) is 2.63. The lowest BCUT2D eigenvalue weighted by Crippen LogP contribution is -2.00. The first kappa shape index (κ1) is 17.0. The molecule has 0 atom stereocenters. The molecule has 1 aromatic heterocycles. The lowest BCUT2D eigenvalue weighted by atomic mass is 10.1. The van der Waals surface area contributed by atoms with Crippen LogP contribution >= 0.6 is 11.6 Å². The van der Waals surface area contributed by atoms with Gasteiger partial charge in [-0.05, 0) is 35.9 Å². The van der Waals surface area contributed by atoms with E-state index in [9.17, 15) is 4.79 Å². The highest BCUT2D eigenvalue weighted by Gasteiger charge is 2.14. The van der Waals surface area contributed by atoms with E-state index in [2.05, 4.69) is 5.10 Å². The Bertz CT molecular complexity index is 905. The number of carbonyl (C=O) groups is 1. The van der Waals surface area contributed by atoms with Gasteiger partial charge in [-0.3, -0.25) is 9.48 Å². The van der Waals surface area contributed by atoms with Crippen LogP contribution in [-0.2, 0) is 6.54 Å². The highest BCUT2D eigenvalue weighted by molar-refractivity contribution is 6.30. The van der Waals surface area contributed by atoms with E-state index in [1.54, 1.807) is 37.2 Å². The summed E-state index contributed by atoms with van der Waals surface area (Å²) in [5.41, 5.74) is 2.89. The highest BCUT2D eigenvalue weighted by atomic mass is 35.5. The second-order valence-electron chi connectivity index (χ2n) is 5.45. The molecule has 6 heteroatoms. The molecule has 0 amide bonds. The maximum atomic E-state index is 11.5. The molecule has 0 saturated heterocycles. The Kier molecular flexibility index (Phi) is 5.05. The summed E-state index contributed by atoms with van der Waals surface area (Å²) in [6, 6.07) is 13.0. The summed E-state index contributed by atoms with van der Waals surface area (Å²) in [6.45, 7) is 0.523. The van der Waals surface area contributed by atoms with Crippen molar-refractivity contribution in [1.82, 2.24) is 9.78 Å². The van der Waals surface area contributed by atoms with Gasteiger partial charge in [0.25, 0.3) is 0 Å². The second-order valence-corrected chi connectivity index (χ2v) is 5.88. The number of nitrogens with zero attached hydrogens (tertiary/aromatic N) is 2. The Morgan fingerprint density at radius 3 is 2.60 bits per heavy atom. The van der Waals surface area contributed by atoms with Gasteiger partial charge in [0.2, 0.25) is 0 Å². The zero-order valence-electron chi connectivity index (χ0n) is 13.9. The summed E-state index contributed by atoms with van der Waals surface area (Å²) in [5, 5.41) is 5.22. The summed E-state index contributed by atoms with van der Waals surface area (Å²) in [4.78, 5) is 11.5. The molecular weight excluding hydrogens is 340 g/mol. The van der Waals surface area contributed by atoms with E-state index in [1.807, 2.05) is 30.3 Å². The number of hydrogen-bond donors (Lipinski definition) is 0. The van der Waals surface area contributed by atoms with E-state index < -0.39 is 0 Å². The van der Waals surface area contributed by atoms with E-state index in [0.29, 0.717) is 34.3 Å². The number of hydrogen-bond acceptors (Lipinski definition) is 4. The maximum Gasteiger partial charge on any atom is 0.161 e. The molecule has 0 radical (unpaired) electrons.